The Bertz CT molecular complexity index is 534. The molecule has 1 heterocycles. The summed E-state index contributed by atoms with van der Waals surface area (Å²) in [5.74, 6) is 0. The molecule has 4 nitrogen and oxygen atoms in total. The molecule has 1 aliphatic heterocycles. The van der Waals surface area contributed by atoms with Crippen LogP contribution in [0.2, 0.25) is 0 Å². The van der Waals surface area contributed by atoms with Crippen LogP contribution in [0, 0.1) is 6.92 Å². The Morgan fingerprint density at radius 3 is 2.74 bits per heavy atom. The van der Waals surface area contributed by atoms with E-state index in [1.165, 1.54) is 0 Å². The summed E-state index contributed by atoms with van der Waals surface area (Å²) >= 11 is 0. The predicted octanol–water partition coefficient (Wildman–Crippen LogP) is 2.53. The van der Waals surface area contributed by atoms with E-state index in [0.717, 1.165) is 31.2 Å². The SMILES string of the molecule is CCC1CCCCN1S(=O)(=O)c1c(C)cccc1N. The van der Waals surface area contributed by atoms with Crippen LogP contribution in [0.1, 0.15) is 38.2 Å². The highest BCUT2D eigenvalue weighted by Crippen LogP contribution is 2.31. The summed E-state index contributed by atoms with van der Waals surface area (Å²) in [6.07, 6.45) is 3.84. The van der Waals surface area contributed by atoms with Gasteiger partial charge in [0, 0.05) is 12.6 Å². The number of nitrogens with two attached hydrogens (primary N) is 1. The van der Waals surface area contributed by atoms with Gasteiger partial charge in [-0.25, -0.2) is 8.42 Å². The highest BCUT2D eigenvalue weighted by Gasteiger charge is 2.34. The number of nitrogens with zero attached hydrogens (tertiary/aromatic N) is 1. The first kappa shape index (κ1) is 14.3. The third-order valence-electron chi connectivity index (χ3n) is 3.85. The lowest BCUT2D eigenvalue weighted by atomic mass is 10.0. The smallest absolute Gasteiger partial charge is 0.245 e. The van der Waals surface area contributed by atoms with Gasteiger partial charge >= 0.3 is 0 Å². The Balaban J connectivity index is 2.47. The molecule has 0 radical (unpaired) electrons. The number of rotatable bonds is 3. The Morgan fingerprint density at radius 1 is 1.37 bits per heavy atom. The Kier molecular flexibility index (Phi) is 4.16. The lowest BCUT2D eigenvalue weighted by molar-refractivity contribution is 0.246. The molecule has 0 saturated carbocycles. The van der Waals surface area contributed by atoms with Crippen LogP contribution in [0.3, 0.4) is 0 Å². The molecule has 1 fully saturated rings. The monoisotopic (exact) mass is 282 g/mol. The molecule has 1 saturated heterocycles. The lowest BCUT2D eigenvalue weighted by Crippen LogP contribution is -2.43. The van der Waals surface area contributed by atoms with Crippen LogP contribution in [-0.4, -0.2) is 25.3 Å². The van der Waals surface area contributed by atoms with Crippen LogP contribution in [0.15, 0.2) is 23.1 Å². The van der Waals surface area contributed by atoms with E-state index in [0.29, 0.717) is 12.2 Å². The number of nitrogen functional groups attached to an aromatic ring is 1. The number of piperidine rings is 1. The maximum Gasteiger partial charge on any atom is 0.245 e. The van der Waals surface area contributed by atoms with Crippen molar-refractivity contribution in [3.05, 3.63) is 23.8 Å². The average Bonchev–Trinajstić information content (AvgIpc) is 2.38. The number of benzene rings is 1. The van der Waals surface area contributed by atoms with Crippen molar-refractivity contribution in [2.75, 3.05) is 12.3 Å². The number of hydrogen-bond donors (Lipinski definition) is 1. The maximum absolute atomic E-state index is 12.8. The molecule has 2 N–H and O–H groups in total. The zero-order valence-corrected chi connectivity index (χ0v) is 12.4. The third-order valence-corrected chi connectivity index (χ3v) is 6.03. The quantitative estimate of drug-likeness (QED) is 0.866. The first-order chi connectivity index (χ1) is 8.98. The Labute approximate surface area is 115 Å². The van der Waals surface area contributed by atoms with E-state index in [9.17, 15) is 8.42 Å². The van der Waals surface area contributed by atoms with E-state index in [1.807, 2.05) is 6.92 Å². The summed E-state index contributed by atoms with van der Waals surface area (Å²) < 4.78 is 27.3. The van der Waals surface area contributed by atoms with Crippen molar-refractivity contribution < 1.29 is 8.42 Å². The van der Waals surface area contributed by atoms with Gasteiger partial charge in [0.25, 0.3) is 0 Å². The summed E-state index contributed by atoms with van der Waals surface area (Å²) in [4.78, 5) is 0.287. The highest BCUT2D eigenvalue weighted by atomic mass is 32.2. The molecule has 106 valence electrons. The van der Waals surface area contributed by atoms with Gasteiger partial charge in [0.05, 0.1) is 5.69 Å². The molecule has 5 heteroatoms. The number of hydrogen-bond acceptors (Lipinski definition) is 3. The fraction of sp³-hybridized carbons (Fsp3) is 0.571. The number of anilines is 1. The Hall–Kier alpha value is -1.07. The highest BCUT2D eigenvalue weighted by molar-refractivity contribution is 7.89. The molecule has 0 bridgehead atoms. The van der Waals surface area contributed by atoms with Gasteiger partial charge < -0.3 is 5.73 Å². The van der Waals surface area contributed by atoms with Crippen molar-refractivity contribution in [3.8, 4) is 0 Å². The van der Waals surface area contributed by atoms with Crippen molar-refractivity contribution in [3.63, 3.8) is 0 Å². The molecule has 1 atom stereocenters. The van der Waals surface area contributed by atoms with Gasteiger partial charge in [-0.3, -0.25) is 0 Å². The zero-order valence-electron chi connectivity index (χ0n) is 11.6. The number of aryl methyl sites for hydroxylation is 1. The van der Waals surface area contributed by atoms with E-state index in [2.05, 4.69) is 0 Å². The second kappa shape index (κ2) is 5.51. The molecule has 0 amide bonds. The molecule has 1 aromatic rings. The average molecular weight is 282 g/mol. The standard InChI is InChI=1S/C14H22N2O2S/c1-3-12-8-4-5-10-16(12)19(17,18)14-11(2)7-6-9-13(14)15/h6-7,9,12H,3-5,8,10,15H2,1-2H3. The maximum atomic E-state index is 12.8. The second-order valence-corrected chi connectivity index (χ2v) is 6.99. The topological polar surface area (TPSA) is 63.4 Å². The summed E-state index contributed by atoms with van der Waals surface area (Å²) in [5, 5.41) is 0. The normalized spacial score (nSPS) is 21.5. The third kappa shape index (κ3) is 2.62. The van der Waals surface area contributed by atoms with Gasteiger partial charge in [-0.1, -0.05) is 25.5 Å². The first-order valence-corrected chi connectivity index (χ1v) is 8.29. The van der Waals surface area contributed by atoms with E-state index in [1.54, 1.807) is 29.4 Å². The van der Waals surface area contributed by atoms with Crippen LogP contribution >= 0.6 is 0 Å². The molecular formula is C14H22N2O2S. The van der Waals surface area contributed by atoms with Gasteiger partial charge in [0.1, 0.15) is 4.90 Å². The van der Waals surface area contributed by atoms with E-state index in [-0.39, 0.29) is 10.9 Å². The molecule has 0 aromatic heterocycles. The molecular weight excluding hydrogens is 260 g/mol. The fourth-order valence-corrected chi connectivity index (χ4v) is 4.93. The number of sulfonamides is 1. The lowest BCUT2D eigenvalue weighted by Gasteiger charge is -2.34. The van der Waals surface area contributed by atoms with E-state index in [4.69, 9.17) is 5.73 Å². The van der Waals surface area contributed by atoms with Gasteiger partial charge in [-0.2, -0.15) is 4.31 Å². The summed E-state index contributed by atoms with van der Waals surface area (Å²) in [6.45, 7) is 4.45. The predicted molar refractivity (Wildman–Crippen MR) is 77.4 cm³/mol. The van der Waals surface area contributed by atoms with Gasteiger partial charge in [-0.05, 0) is 37.8 Å². The summed E-state index contributed by atoms with van der Waals surface area (Å²) in [7, 11) is -3.48. The molecule has 1 unspecified atom stereocenters. The van der Waals surface area contributed by atoms with Crippen LogP contribution in [0.4, 0.5) is 5.69 Å². The van der Waals surface area contributed by atoms with Crippen molar-refractivity contribution in [2.24, 2.45) is 0 Å². The minimum Gasteiger partial charge on any atom is -0.398 e. The van der Waals surface area contributed by atoms with Crippen LogP contribution in [0.5, 0.6) is 0 Å². The minimum absolute atomic E-state index is 0.109. The molecule has 2 rings (SSSR count). The van der Waals surface area contributed by atoms with Crippen molar-refractivity contribution in [1.82, 2.24) is 4.31 Å². The minimum atomic E-state index is -3.48. The molecule has 1 aromatic carbocycles. The first-order valence-electron chi connectivity index (χ1n) is 6.85. The van der Waals surface area contributed by atoms with Crippen LogP contribution < -0.4 is 5.73 Å². The summed E-state index contributed by atoms with van der Waals surface area (Å²) in [6, 6.07) is 5.36. The molecule has 0 aliphatic carbocycles. The van der Waals surface area contributed by atoms with Gasteiger partial charge in [0.2, 0.25) is 10.0 Å². The zero-order chi connectivity index (χ0) is 14.0. The van der Waals surface area contributed by atoms with Crippen molar-refractivity contribution in [2.45, 2.75) is 50.5 Å². The largest absolute Gasteiger partial charge is 0.398 e. The van der Waals surface area contributed by atoms with Gasteiger partial charge in [-0.15, -0.1) is 0 Å². The fourth-order valence-electron chi connectivity index (χ4n) is 2.84. The van der Waals surface area contributed by atoms with Crippen molar-refractivity contribution >= 4 is 15.7 Å². The Morgan fingerprint density at radius 2 is 2.11 bits per heavy atom. The van der Waals surface area contributed by atoms with Crippen LogP contribution in [0.25, 0.3) is 0 Å². The van der Waals surface area contributed by atoms with E-state index >= 15 is 0 Å². The van der Waals surface area contributed by atoms with Crippen LogP contribution in [-0.2, 0) is 10.0 Å². The molecule has 1 aliphatic rings. The second-order valence-electron chi connectivity index (χ2n) is 5.17. The molecule has 19 heavy (non-hydrogen) atoms. The summed E-state index contributed by atoms with van der Waals surface area (Å²) in [5.41, 5.74) is 6.97. The van der Waals surface area contributed by atoms with E-state index < -0.39 is 10.0 Å². The van der Waals surface area contributed by atoms with Crippen molar-refractivity contribution in [1.29, 1.82) is 0 Å². The molecule has 0 spiro atoms. The van der Waals surface area contributed by atoms with Gasteiger partial charge in [0.15, 0.2) is 0 Å².